The third kappa shape index (κ3) is 2.18. The van der Waals surface area contributed by atoms with Crippen LogP contribution in [-0.4, -0.2) is 15.9 Å². The Kier molecular flexibility index (Phi) is 2.72. The first-order valence-electron chi connectivity index (χ1n) is 5.73. The molecule has 0 saturated heterocycles. The molecular formula is C14H10FN3O. The summed E-state index contributed by atoms with van der Waals surface area (Å²) in [6, 6.07) is 11.1. The average Bonchev–Trinajstić information content (AvgIpc) is 2.88. The summed E-state index contributed by atoms with van der Waals surface area (Å²) in [5.74, 6) is -0.819. The first-order chi connectivity index (χ1) is 9.24. The molecule has 0 aliphatic carbocycles. The number of nitrogens with zero attached hydrogens (tertiary/aromatic N) is 1. The van der Waals surface area contributed by atoms with Gasteiger partial charge in [0, 0.05) is 5.56 Å². The van der Waals surface area contributed by atoms with E-state index in [0.717, 1.165) is 11.0 Å². The van der Waals surface area contributed by atoms with Gasteiger partial charge >= 0.3 is 0 Å². The number of anilines is 1. The molecule has 0 atom stereocenters. The molecule has 94 valence electrons. The maximum absolute atomic E-state index is 13.4. The van der Waals surface area contributed by atoms with E-state index < -0.39 is 5.82 Å². The number of fused-ring (bicyclic) bond motifs is 1. The van der Waals surface area contributed by atoms with E-state index in [4.69, 9.17) is 0 Å². The Hall–Kier alpha value is -2.69. The van der Waals surface area contributed by atoms with Gasteiger partial charge in [-0.05, 0) is 30.3 Å². The molecule has 0 saturated carbocycles. The van der Waals surface area contributed by atoms with Crippen LogP contribution in [0.4, 0.5) is 10.1 Å². The van der Waals surface area contributed by atoms with Crippen LogP contribution in [0.2, 0.25) is 0 Å². The van der Waals surface area contributed by atoms with Gasteiger partial charge in [-0.25, -0.2) is 9.37 Å². The molecule has 0 aliphatic heterocycles. The van der Waals surface area contributed by atoms with E-state index in [1.807, 2.05) is 0 Å². The molecule has 0 fully saturated rings. The van der Waals surface area contributed by atoms with Gasteiger partial charge in [0.15, 0.2) is 0 Å². The minimum atomic E-state index is -0.460. The number of hydrogen-bond donors (Lipinski definition) is 2. The molecule has 1 heterocycles. The predicted octanol–water partition coefficient (Wildman–Crippen LogP) is 2.95. The molecule has 19 heavy (non-hydrogen) atoms. The molecule has 0 spiro atoms. The Bertz CT molecular complexity index is 751. The van der Waals surface area contributed by atoms with Gasteiger partial charge in [0.05, 0.1) is 23.0 Å². The molecule has 1 amide bonds. The van der Waals surface area contributed by atoms with Crippen LogP contribution in [0.25, 0.3) is 11.0 Å². The number of aromatic nitrogens is 2. The Labute approximate surface area is 108 Å². The van der Waals surface area contributed by atoms with E-state index in [9.17, 15) is 9.18 Å². The molecule has 2 aromatic carbocycles. The largest absolute Gasteiger partial charge is 0.345 e. The first-order valence-corrected chi connectivity index (χ1v) is 5.73. The van der Waals surface area contributed by atoms with E-state index in [1.54, 1.807) is 36.7 Å². The zero-order chi connectivity index (χ0) is 13.2. The molecule has 0 aliphatic rings. The summed E-state index contributed by atoms with van der Waals surface area (Å²) in [6.45, 7) is 0. The second-order valence-electron chi connectivity index (χ2n) is 4.07. The number of nitrogens with one attached hydrogen (secondary N) is 2. The fraction of sp³-hybridized carbons (Fsp3) is 0. The van der Waals surface area contributed by atoms with Crippen molar-refractivity contribution < 1.29 is 9.18 Å². The number of imidazole rings is 1. The van der Waals surface area contributed by atoms with E-state index in [-0.39, 0.29) is 11.6 Å². The van der Waals surface area contributed by atoms with Crippen molar-refractivity contribution >= 4 is 22.6 Å². The van der Waals surface area contributed by atoms with Crippen LogP contribution in [0.5, 0.6) is 0 Å². The highest BCUT2D eigenvalue weighted by atomic mass is 19.1. The van der Waals surface area contributed by atoms with Crippen molar-refractivity contribution in [3.63, 3.8) is 0 Å². The van der Waals surface area contributed by atoms with Gasteiger partial charge < -0.3 is 10.3 Å². The van der Waals surface area contributed by atoms with Crippen LogP contribution in [0.15, 0.2) is 48.8 Å². The number of para-hydroxylation sites is 1. The Morgan fingerprint density at radius 3 is 2.89 bits per heavy atom. The van der Waals surface area contributed by atoms with Gasteiger partial charge in [0.1, 0.15) is 5.82 Å². The van der Waals surface area contributed by atoms with Crippen molar-refractivity contribution in [2.24, 2.45) is 0 Å². The molecule has 0 radical (unpaired) electrons. The highest BCUT2D eigenvalue weighted by Crippen LogP contribution is 2.16. The molecule has 0 bridgehead atoms. The van der Waals surface area contributed by atoms with Crippen molar-refractivity contribution in [1.82, 2.24) is 9.97 Å². The van der Waals surface area contributed by atoms with Crippen LogP contribution < -0.4 is 5.32 Å². The number of amides is 1. The Balaban J connectivity index is 1.89. The first kappa shape index (κ1) is 11.4. The third-order valence-corrected chi connectivity index (χ3v) is 2.80. The van der Waals surface area contributed by atoms with Crippen LogP contribution in [-0.2, 0) is 0 Å². The number of halogens is 1. The van der Waals surface area contributed by atoms with Crippen molar-refractivity contribution in [2.45, 2.75) is 0 Å². The number of H-pyrrole nitrogens is 1. The van der Waals surface area contributed by atoms with Gasteiger partial charge in [-0.2, -0.15) is 0 Å². The molecule has 2 N–H and O–H groups in total. The summed E-state index contributed by atoms with van der Waals surface area (Å²) in [5.41, 5.74) is 2.15. The minimum Gasteiger partial charge on any atom is -0.345 e. The highest BCUT2D eigenvalue weighted by molar-refractivity contribution is 6.05. The van der Waals surface area contributed by atoms with E-state index in [0.29, 0.717) is 5.56 Å². The van der Waals surface area contributed by atoms with E-state index in [1.165, 1.54) is 12.1 Å². The number of carbonyl (C=O) groups is 1. The number of aromatic amines is 1. The van der Waals surface area contributed by atoms with E-state index >= 15 is 0 Å². The zero-order valence-electron chi connectivity index (χ0n) is 9.85. The number of hydrogen-bond acceptors (Lipinski definition) is 2. The minimum absolute atomic E-state index is 0.164. The standard InChI is InChI=1S/C14H10FN3O/c15-10-3-1-2-4-11(10)18-14(19)9-5-6-12-13(7-9)17-8-16-12/h1-8H,(H,16,17)(H,18,19). The van der Waals surface area contributed by atoms with E-state index in [2.05, 4.69) is 15.3 Å². The maximum atomic E-state index is 13.4. The fourth-order valence-electron chi connectivity index (χ4n) is 1.83. The smallest absolute Gasteiger partial charge is 0.255 e. The maximum Gasteiger partial charge on any atom is 0.255 e. The zero-order valence-corrected chi connectivity index (χ0v) is 9.85. The normalized spacial score (nSPS) is 10.6. The predicted molar refractivity (Wildman–Crippen MR) is 70.4 cm³/mol. The second kappa shape index (κ2) is 4.53. The molecular weight excluding hydrogens is 245 g/mol. The lowest BCUT2D eigenvalue weighted by atomic mass is 10.2. The summed E-state index contributed by atoms with van der Waals surface area (Å²) in [6.07, 6.45) is 1.56. The lowest BCUT2D eigenvalue weighted by Gasteiger charge is -2.06. The molecule has 4 nitrogen and oxygen atoms in total. The van der Waals surface area contributed by atoms with Gasteiger partial charge in [-0.1, -0.05) is 12.1 Å². The molecule has 3 aromatic rings. The van der Waals surface area contributed by atoms with Crippen LogP contribution in [0.1, 0.15) is 10.4 Å². The van der Waals surface area contributed by atoms with Gasteiger partial charge in [0.2, 0.25) is 0 Å². The van der Waals surface area contributed by atoms with Crippen molar-refractivity contribution in [3.8, 4) is 0 Å². The van der Waals surface area contributed by atoms with Crippen LogP contribution in [0, 0.1) is 5.82 Å². The Morgan fingerprint density at radius 2 is 2.05 bits per heavy atom. The molecule has 3 rings (SSSR count). The molecule has 5 heteroatoms. The summed E-state index contributed by atoms with van der Waals surface area (Å²) in [4.78, 5) is 19.0. The summed E-state index contributed by atoms with van der Waals surface area (Å²) < 4.78 is 13.4. The lowest BCUT2D eigenvalue weighted by Crippen LogP contribution is -2.12. The van der Waals surface area contributed by atoms with Crippen LogP contribution >= 0.6 is 0 Å². The second-order valence-corrected chi connectivity index (χ2v) is 4.07. The molecule has 0 unspecified atom stereocenters. The lowest BCUT2D eigenvalue weighted by molar-refractivity contribution is 0.102. The summed E-state index contributed by atoms with van der Waals surface area (Å²) in [5, 5.41) is 2.54. The summed E-state index contributed by atoms with van der Waals surface area (Å²) in [7, 11) is 0. The Morgan fingerprint density at radius 1 is 1.21 bits per heavy atom. The number of carbonyl (C=O) groups excluding carboxylic acids is 1. The van der Waals surface area contributed by atoms with Crippen molar-refractivity contribution in [3.05, 3.63) is 60.2 Å². The van der Waals surface area contributed by atoms with Crippen molar-refractivity contribution in [2.75, 3.05) is 5.32 Å². The average molecular weight is 255 g/mol. The highest BCUT2D eigenvalue weighted by Gasteiger charge is 2.09. The quantitative estimate of drug-likeness (QED) is 0.739. The van der Waals surface area contributed by atoms with Gasteiger partial charge in [-0.15, -0.1) is 0 Å². The number of rotatable bonds is 2. The monoisotopic (exact) mass is 255 g/mol. The van der Waals surface area contributed by atoms with Gasteiger partial charge in [-0.3, -0.25) is 4.79 Å². The number of benzene rings is 2. The topological polar surface area (TPSA) is 57.8 Å². The SMILES string of the molecule is O=C(Nc1ccccc1F)c1ccc2nc[nH]c2c1. The molecule has 1 aromatic heterocycles. The third-order valence-electron chi connectivity index (χ3n) is 2.80. The van der Waals surface area contributed by atoms with Crippen LogP contribution in [0.3, 0.4) is 0 Å². The van der Waals surface area contributed by atoms with Crippen molar-refractivity contribution in [1.29, 1.82) is 0 Å². The van der Waals surface area contributed by atoms with Gasteiger partial charge in [0.25, 0.3) is 5.91 Å². The fourth-order valence-corrected chi connectivity index (χ4v) is 1.83. The summed E-state index contributed by atoms with van der Waals surface area (Å²) >= 11 is 0.